The van der Waals surface area contributed by atoms with Crippen LogP contribution in [0.15, 0.2) is 67.8 Å². The molecular formula is C22H18BrN3O4. The van der Waals surface area contributed by atoms with Gasteiger partial charge in [-0.05, 0) is 37.3 Å². The second-order valence-corrected chi connectivity index (χ2v) is 7.76. The number of aryl methyl sites for hydroxylation is 1. The molecule has 1 unspecified atom stereocenters. The third kappa shape index (κ3) is 3.27. The summed E-state index contributed by atoms with van der Waals surface area (Å²) in [7, 11) is 1.54. The summed E-state index contributed by atoms with van der Waals surface area (Å²) in [5.41, 5.74) is 7.59. The molecule has 0 aliphatic carbocycles. The van der Waals surface area contributed by atoms with Crippen LogP contribution in [0.3, 0.4) is 0 Å². The molecule has 0 amide bonds. The van der Waals surface area contributed by atoms with E-state index in [1.54, 1.807) is 35.1 Å². The predicted molar refractivity (Wildman–Crippen MR) is 113 cm³/mol. The van der Waals surface area contributed by atoms with Crippen LogP contribution in [0.1, 0.15) is 28.5 Å². The third-order valence-electron chi connectivity index (χ3n) is 5.09. The third-order valence-corrected chi connectivity index (χ3v) is 5.58. The van der Waals surface area contributed by atoms with Crippen LogP contribution >= 0.6 is 15.9 Å². The number of hydrogen-bond acceptors (Lipinski definition) is 6. The van der Waals surface area contributed by atoms with Crippen molar-refractivity contribution < 1.29 is 13.9 Å². The van der Waals surface area contributed by atoms with Gasteiger partial charge < -0.3 is 24.2 Å². The van der Waals surface area contributed by atoms with Crippen LogP contribution < -0.4 is 20.8 Å². The number of ether oxygens (including phenoxy) is 2. The van der Waals surface area contributed by atoms with Gasteiger partial charge in [0.15, 0.2) is 0 Å². The number of furan rings is 1. The number of nitrogens with two attached hydrogens (primary N) is 1. The SMILES string of the molecule is COc1ccc(Br)cc1C1C(C#N)=C(N)Oc2cc(C)n(Cc3ccco3)c(=O)c21. The van der Waals surface area contributed by atoms with E-state index in [-0.39, 0.29) is 23.6 Å². The summed E-state index contributed by atoms with van der Waals surface area (Å²) in [5, 5.41) is 9.83. The van der Waals surface area contributed by atoms with Crippen molar-refractivity contribution in [2.24, 2.45) is 5.73 Å². The summed E-state index contributed by atoms with van der Waals surface area (Å²) >= 11 is 3.46. The monoisotopic (exact) mass is 467 g/mol. The van der Waals surface area contributed by atoms with Gasteiger partial charge in [0, 0.05) is 21.8 Å². The number of fused-ring (bicyclic) bond motifs is 1. The number of nitrogens with zero attached hydrogens (tertiary/aromatic N) is 2. The van der Waals surface area contributed by atoms with Gasteiger partial charge in [0.25, 0.3) is 5.56 Å². The first-order valence-electron chi connectivity index (χ1n) is 9.12. The molecule has 3 heterocycles. The Balaban J connectivity index is 1.99. The van der Waals surface area contributed by atoms with Gasteiger partial charge in [-0.1, -0.05) is 15.9 Å². The highest BCUT2D eigenvalue weighted by molar-refractivity contribution is 9.10. The molecule has 0 saturated heterocycles. The summed E-state index contributed by atoms with van der Waals surface area (Å²) in [6.07, 6.45) is 1.56. The second kappa shape index (κ2) is 7.76. The van der Waals surface area contributed by atoms with Crippen molar-refractivity contribution in [3.05, 3.63) is 91.5 Å². The Labute approximate surface area is 181 Å². The Morgan fingerprint density at radius 2 is 2.13 bits per heavy atom. The summed E-state index contributed by atoms with van der Waals surface area (Å²) in [6.45, 7) is 2.07. The predicted octanol–water partition coefficient (Wildman–Crippen LogP) is 3.79. The lowest BCUT2D eigenvalue weighted by Gasteiger charge is -2.28. The number of allylic oxidation sites excluding steroid dienone is 1. The van der Waals surface area contributed by atoms with E-state index < -0.39 is 5.92 Å². The minimum Gasteiger partial charge on any atom is -0.496 e. The molecule has 2 N–H and O–H groups in total. The van der Waals surface area contributed by atoms with E-state index in [0.717, 1.165) is 4.47 Å². The molecule has 0 spiro atoms. The highest BCUT2D eigenvalue weighted by Gasteiger charge is 2.36. The van der Waals surface area contributed by atoms with Crippen molar-refractivity contribution in [3.8, 4) is 17.6 Å². The Bertz CT molecular complexity index is 1250. The van der Waals surface area contributed by atoms with Crippen LogP contribution in [-0.2, 0) is 6.54 Å². The average Bonchev–Trinajstić information content (AvgIpc) is 3.23. The molecule has 8 heteroatoms. The Morgan fingerprint density at radius 3 is 2.80 bits per heavy atom. The summed E-state index contributed by atoms with van der Waals surface area (Å²) in [6, 6.07) is 12.8. The van der Waals surface area contributed by atoms with E-state index in [2.05, 4.69) is 22.0 Å². The van der Waals surface area contributed by atoms with Crippen molar-refractivity contribution in [1.82, 2.24) is 4.57 Å². The first kappa shape index (κ1) is 19.9. The fraction of sp³-hybridized carbons (Fsp3) is 0.182. The van der Waals surface area contributed by atoms with Gasteiger partial charge in [-0.2, -0.15) is 5.26 Å². The lowest BCUT2D eigenvalue weighted by atomic mass is 9.83. The van der Waals surface area contributed by atoms with E-state index in [4.69, 9.17) is 19.6 Å². The fourth-order valence-electron chi connectivity index (χ4n) is 3.68. The molecule has 1 aliphatic rings. The second-order valence-electron chi connectivity index (χ2n) is 6.85. The minimum atomic E-state index is -0.734. The number of rotatable bonds is 4. The highest BCUT2D eigenvalue weighted by Crippen LogP contribution is 2.44. The van der Waals surface area contributed by atoms with E-state index in [1.165, 1.54) is 7.11 Å². The van der Waals surface area contributed by atoms with Crippen LogP contribution in [0.4, 0.5) is 0 Å². The molecule has 1 aliphatic heterocycles. The first-order chi connectivity index (χ1) is 14.4. The van der Waals surface area contributed by atoms with Gasteiger partial charge in [0.05, 0.1) is 31.4 Å². The molecule has 152 valence electrons. The van der Waals surface area contributed by atoms with Crippen molar-refractivity contribution in [2.75, 3.05) is 7.11 Å². The fourth-order valence-corrected chi connectivity index (χ4v) is 4.06. The largest absolute Gasteiger partial charge is 0.496 e. The van der Waals surface area contributed by atoms with Crippen LogP contribution in [0, 0.1) is 18.3 Å². The van der Waals surface area contributed by atoms with Crippen molar-refractivity contribution in [1.29, 1.82) is 5.26 Å². The zero-order chi connectivity index (χ0) is 21.4. The maximum Gasteiger partial charge on any atom is 0.259 e. The number of nitriles is 1. The number of aromatic nitrogens is 1. The van der Waals surface area contributed by atoms with Crippen molar-refractivity contribution in [3.63, 3.8) is 0 Å². The van der Waals surface area contributed by atoms with Crippen LogP contribution in [0.2, 0.25) is 0 Å². The molecule has 0 saturated carbocycles. The Kier molecular flexibility index (Phi) is 5.14. The zero-order valence-electron chi connectivity index (χ0n) is 16.3. The van der Waals surface area contributed by atoms with Gasteiger partial charge in [-0.25, -0.2) is 0 Å². The molecule has 4 rings (SSSR count). The van der Waals surface area contributed by atoms with Crippen molar-refractivity contribution in [2.45, 2.75) is 19.4 Å². The van der Waals surface area contributed by atoms with Gasteiger partial charge in [-0.3, -0.25) is 4.79 Å². The van der Waals surface area contributed by atoms with E-state index in [0.29, 0.717) is 34.1 Å². The summed E-state index contributed by atoms with van der Waals surface area (Å²) in [4.78, 5) is 13.6. The van der Waals surface area contributed by atoms with Crippen LogP contribution in [0.25, 0.3) is 0 Å². The van der Waals surface area contributed by atoms with Crippen molar-refractivity contribution >= 4 is 15.9 Å². The molecular weight excluding hydrogens is 450 g/mol. The van der Waals surface area contributed by atoms with Crippen LogP contribution in [0.5, 0.6) is 11.5 Å². The van der Waals surface area contributed by atoms with Gasteiger partial charge in [0.2, 0.25) is 5.88 Å². The van der Waals surface area contributed by atoms with E-state index in [9.17, 15) is 10.1 Å². The molecule has 3 aromatic rings. The normalized spacial score (nSPS) is 15.3. The molecule has 1 atom stereocenters. The lowest BCUT2D eigenvalue weighted by Crippen LogP contribution is -2.33. The molecule has 0 fully saturated rings. The topological polar surface area (TPSA) is 103 Å². The molecule has 7 nitrogen and oxygen atoms in total. The smallest absolute Gasteiger partial charge is 0.259 e. The van der Waals surface area contributed by atoms with E-state index in [1.807, 2.05) is 19.1 Å². The van der Waals surface area contributed by atoms with Crippen LogP contribution in [-0.4, -0.2) is 11.7 Å². The number of hydrogen-bond donors (Lipinski definition) is 1. The molecule has 1 aromatic carbocycles. The molecule has 2 aromatic heterocycles. The Morgan fingerprint density at radius 1 is 1.33 bits per heavy atom. The van der Waals surface area contributed by atoms with Gasteiger partial charge >= 0.3 is 0 Å². The average molecular weight is 468 g/mol. The number of methoxy groups -OCH3 is 1. The number of halogens is 1. The quantitative estimate of drug-likeness (QED) is 0.625. The summed E-state index contributed by atoms with van der Waals surface area (Å²) in [5.74, 6) is 0.747. The first-order valence-corrected chi connectivity index (χ1v) is 9.91. The maximum absolute atomic E-state index is 13.6. The Hall–Kier alpha value is -3.44. The molecule has 0 radical (unpaired) electrons. The maximum atomic E-state index is 13.6. The van der Waals surface area contributed by atoms with Gasteiger partial charge in [0.1, 0.15) is 28.9 Å². The minimum absolute atomic E-state index is 0.0281. The molecule has 0 bridgehead atoms. The highest BCUT2D eigenvalue weighted by atomic mass is 79.9. The zero-order valence-corrected chi connectivity index (χ0v) is 17.9. The lowest BCUT2D eigenvalue weighted by molar-refractivity contribution is 0.382. The van der Waals surface area contributed by atoms with E-state index >= 15 is 0 Å². The van der Waals surface area contributed by atoms with Gasteiger partial charge in [-0.15, -0.1) is 0 Å². The molecule has 30 heavy (non-hydrogen) atoms. The summed E-state index contributed by atoms with van der Waals surface area (Å²) < 4.78 is 19.0. The number of benzene rings is 1. The number of pyridine rings is 1. The standard InChI is InChI=1S/C22H18BrN3O4/c1-12-8-18-20(22(27)26(12)11-14-4-3-7-29-14)19(16(10-24)21(25)30-18)15-9-13(23)5-6-17(15)28-2/h3-9,19H,11,25H2,1-2H3.